The molecular weight excluding hydrogens is 210 g/mol. The van der Waals surface area contributed by atoms with Gasteiger partial charge in [-0.1, -0.05) is 0 Å². The molecule has 88 valence electrons. The van der Waals surface area contributed by atoms with Crippen LogP contribution in [0.3, 0.4) is 0 Å². The molecule has 0 bridgehead atoms. The lowest BCUT2D eigenvalue weighted by Gasteiger charge is -2.19. The number of rotatable bonds is 5. The number of nitrogens with zero attached hydrogens (tertiary/aromatic N) is 3. The molecule has 0 atom stereocenters. The third-order valence-electron chi connectivity index (χ3n) is 2.14. The molecule has 0 N–H and O–H groups in total. The van der Waals surface area contributed by atoms with Gasteiger partial charge in [0.25, 0.3) is 0 Å². The molecule has 0 aromatic carbocycles. The summed E-state index contributed by atoms with van der Waals surface area (Å²) in [7, 11) is 1.30. The van der Waals surface area contributed by atoms with Gasteiger partial charge >= 0.3 is 5.97 Å². The summed E-state index contributed by atoms with van der Waals surface area (Å²) in [6.07, 6.45) is 3.30. The zero-order chi connectivity index (χ0) is 12.0. The van der Waals surface area contributed by atoms with Gasteiger partial charge in [0, 0.05) is 18.9 Å². The Bertz CT molecular complexity index is 348. The quantitative estimate of drug-likeness (QED) is 0.657. The van der Waals surface area contributed by atoms with Gasteiger partial charge in [0.1, 0.15) is 13.1 Å². The molecule has 1 rings (SSSR count). The van der Waals surface area contributed by atoms with Gasteiger partial charge in [-0.05, 0) is 13.0 Å². The number of likely N-dealkylation sites (N-methyl/N-ethyl adjacent to an activating group) is 1. The summed E-state index contributed by atoms with van der Waals surface area (Å²) in [6.45, 7) is 2.39. The van der Waals surface area contributed by atoms with Crippen molar-refractivity contribution in [3.8, 4) is 0 Å². The van der Waals surface area contributed by atoms with Crippen LogP contribution in [0.1, 0.15) is 6.92 Å². The largest absolute Gasteiger partial charge is 0.468 e. The second-order valence-electron chi connectivity index (χ2n) is 3.19. The van der Waals surface area contributed by atoms with Crippen molar-refractivity contribution in [1.29, 1.82) is 0 Å². The minimum absolute atomic E-state index is 0.0207. The van der Waals surface area contributed by atoms with E-state index in [9.17, 15) is 9.59 Å². The van der Waals surface area contributed by atoms with E-state index in [4.69, 9.17) is 0 Å². The zero-order valence-electron chi connectivity index (χ0n) is 9.42. The molecule has 0 aliphatic carbocycles. The van der Waals surface area contributed by atoms with Crippen LogP contribution in [-0.4, -0.2) is 46.8 Å². The van der Waals surface area contributed by atoms with Crippen LogP contribution in [0.4, 0.5) is 0 Å². The second-order valence-corrected chi connectivity index (χ2v) is 3.19. The Balaban J connectivity index is 2.52. The number of carbonyl (C=O) groups is 2. The van der Waals surface area contributed by atoms with Crippen molar-refractivity contribution in [2.45, 2.75) is 13.5 Å². The average molecular weight is 225 g/mol. The Kier molecular flexibility index (Phi) is 4.50. The van der Waals surface area contributed by atoms with E-state index < -0.39 is 5.97 Å². The maximum Gasteiger partial charge on any atom is 0.325 e. The third-order valence-corrected chi connectivity index (χ3v) is 2.14. The Labute approximate surface area is 93.8 Å². The Hall–Kier alpha value is -1.85. The van der Waals surface area contributed by atoms with Crippen LogP contribution in [0.15, 0.2) is 18.5 Å². The van der Waals surface area contributed by atoms with Crippen molar-refractivity contribution in [3.05, 3.63) is 18.5 Å². The van der Waals surface area contributed by atoms with Crippen LogP contribution in [0, 0.1) is 0 Å². The lowest BCUT2D eigenvalue weighted by atomic mass is 10.4. The highest BCUT2D eigenvalue weighted by atomic mass is 16.5. The molecule has 0 saturated carbocycles. The van der Waals surface area contributed by atoms with Gasteiger partial charge in [-0.25, -0.2) is 0 Å². The van der Waals surface area contributed by atoms with E-state index in [1.165, 1.54) is 16.7 Å². The summed E-state index contributed by atoms with van der Waals surface area (Å²) < 4.78 is 6.03. The maximum atomic E-state index is 11.8. The Morgan fingerprint density at radius 1 is 1.50 bits per heavy atom. The number of carbonyl (C=O) groups excluding carboxylic acids is 2. The molecule has 6 nitrogen and oxygen atoms in total. The Morgan fingerprint density at radius 2 is 2.25 bits per heavy atom. The SMILES string of the molecule is CCN(CC(=O)OC)C(=O)Cn1cccn1. The normalized spacial score (nSPS) is 9.88. The summed E-state index contributed by atoms with van der Waals surface area (Å²) in [4.78, 5) is 24.2. The standard InChI is InChI=1S/C10H15N3O3/c1-3-12(8-10(15)16-2)9(14)7-13-6-4-5-11-13/h4-6H,3,7-8H2,1-2H3. The molecule has 1 aromatic rings. The topological polar surface area (TPSA) is 64.4 Å². The van der Waals surface area contributed by atoms with Crippen LogP contribution in [0.5, 0.6) is 0 Å². The predicted molar refractivity (Wildman–Crippen MR) is 56.5 cm³/mol. The fourth-order valence-electron chi connectivity index (χ4n) is 1.23. The van der Waals surface area contributed by atoms with Crippen molar-refractivity contribution in [2.24, 2.45) is 0 Å². The number of esters is 1. The fourth-order valence-corrected chi connectivity index (χ4v) is 1.23. The lowest BCUT2D eigenvalue weighted by Crippen LogP contribution is -2.38. The first-order valence-electron chi connectivity index (χ1n) is 4.99. The number of hydrogen-bond donors (Lipinski definition) is 0. The molecule has 0 spiro atoms. The summed E-state index contributed by atoms with van der Waals surface area (Å²) in [6, 6.07) is 1.74. The van der Waals surface area contributed by atoms with Gasteiger partial charge in [0.2, 0.25) is 5.91 Å². The molecule has 0 fully saturated rings. The van der Waals surface area contributed by atoms with E-state index in [0.29, 0.717) is 6.54 Å². The molecule has 1 heterocycles. The van der Waals surface area contributed by atoms with Crippen molar-refractivity contribution in [3.63, 3.8) is 0 Å². The van der Waals surface area contributed by atoms with Crippen molar-refractivity contribution in [2.75, 3.05) is 20.2 Å². The molecule has 1 aromatic heterocycles. The average Bonchev–Trinajstić information content (AvgIpc) is 2.77. The molecule has 0 radical (unpaired) electrons. The van der Waals surface area contributed by atoms with Gasteiger partial charge in [0.15, 0.2) is 0 Å². The lowest BCUT2D eigenvalue weighted by molar-refractivity contribution is -0.147. The van der Waals surface area contributed by atoms with Crippen molar-refractivity contribution < 1.29 is 14.3 Å². The highest BCUT2D eigenvalue weighted by molar-refractivity contribution is 5.81. The van der Waals surface area contributed by atoms with Gasteiger partial charge in [-0.15, -0.1) is 0 Å². The number of methoxy groups -OCH3 is 1. The fraction of sp³-hybridized carbons (Fsp3) is 0.500. The first kappa shape index (κ1) is 12.2. The van der Waals surface area contributed by atoms with E-state index in [-0.39, 0.29) is 19.0 Å². The van der Waals surface area contributed by atoms with E-state index in [0.717, 1.165) is 0 Å². The molecule has 16 heavy (non-hydrogen) atoms. The molecule has 0 aliphatic rings. The molecule has 6 heteroatoms. The van der Waals surface area contributed by atoms with E-state index in [1.54, 1.807) is 18.5 Å². The second kappa shape index (κ2) is 5.89. The Morgan fingerprint density at radius 3 is 2.75 bits per heavy atom. The third kappa shape index (κ3) is 3.38. The monoisotopic (exact) mass is 225 g/mol. The van der Waals surface area contributed by atoms with E-state index in [2.05, 4.69) is 9.84 Å². The molecule has 0 unspecified atom stereocenters. The first-order chi connectivity index (χ1) is 7.67. The van der Waals surface area contributed by atoms with E-state index in [1.807, 2.05) is 6.92 Å². The molecule has 0 saturated heterocycles. The smallest absolute Gasteiger partial charge is 0.325 e. The van der Waals surface area contributed by atoms with Crippen LogP contribution in [0.25, 0.3) is 0 Å². The van der Waals surface area contributed by atoms with Gasteiger partial charge in [-0.3, -0.25) is 14.3 Å². The highest BCUT2D eigenvalue weighted by Gasteiger charge is 2.15. The maximum absolute atomic E-state index is 11.8. The first-order valence-corrected chi connectivity index (χ1v) is 4.99. The van der Waals surface area contributed by atoms with Gasteiger partial charge in [-0.2, -0.15) is 5.10 Å². The van der Waals surface area contributed by atoms with Crippen LogP contribution >= 0.6 is 0 Å². The van der Waals surface area contributed by atoms with Crippen molar-refractivity contribution in [1.82, 2.24) is 14.7 Å². The summed E-state index contributed by atoms with van der Waals surface area (Å²) in [5, 5.41) is 3.93. The van der Waals surface area contributed by atoms with E-state index >= 15 is 0 Å². The molecule has 1 amide bonds. The number of ether oxygens (including phenoxy) is 1. The highest BCUT2D eigenvalue weighted by Crippen LogP contribution is 1.94. The van der Waals surface area contributed by atoms with Crippen LogP contribution < -0.4 is 0 Å². The van der Waals surface area contributed by atoms with Crippen molar-refractivity contribution >= 4 is 11.9 Å². The van der Waals surface area contributed by atoms with Gasteiger partial charge < -0.3 is 9.64 Å². The predicted octanol–water partition coefficient (Wildman–Crippen LogP) is -0.0954. The van der Waals surface area contributed by atoms with Gasteiger partial charge in [0.05, 0.1) is 7.11 Å². The van der Waals surface area contributed by atoms with Crippen LogP contribution in [-0.2, 0) is 20.9 Å². The minimum Gasteiger partial charge on any atom is -0.468 e. The zero-order valence-corrected chi connectivity index (χ0v) is 9.42. The van der Waals surface area contributed by atoms with Crippen LogP contribution in [0.2, 0.25) is 0 Å². The summed E-state index contributed by atoms with van der Waals surface area (Å²) in [5.41, 5.74) is 0. The molecular formula is C10H15N3O3. The minimum atomic E-state index is -0.421. The number of amides is 1. The summed E-state index contributed by atoms with van der Waals surface area (Å²) >= 11 is 0. The summed E-state index contributed by atoms with van der Waals surface area (Å²) in [5.74, 6) is -0.577. The number of aromatic nitrogens is 2. The molecule has 0 aliphatic heterocycles. The number of hydrogen-bond acceptors (Lipinski definition) is 4.